The Hall–Kier alpha value is -3.26. The zero-order valence-electron chi connectivity index (χ0n) is 19.7. The number of fused-ring (bicyclic) bond motifs is 2. The number of hydrogen-bond donors (Lipinski definition) is 1. The molecule has 4 rings (SSSR count). The van der Waals surface area contributed by atoms with Gasteiger partial charge >= 0.3 is 0 Å². The molecule has 0 bridgehead atoms. The number of halogens is 1. The second kappa shape index (κ2) is 12.4. The summed E-state index contributed by atoms with van der Waals surface area (Å²) in [4.78, 5) is 15.1. The first-order valence-corrected chi connectivity index (χ1v) is 12.0. The van der Waals surface area contributed by atoms with E-state index >= 15 is 0 Å². The minimum atomic E-state index is -0.189. The van der Waals surface area contributed by atoms with Crippen molar-refractivity contribution in [1.29, 1.82) is 0 Å². The molecule has 1 aliphatic heterocycles. The summed E-state index contributed by atoms with van der Waals surface area (Å²) in [6.07, 6.45) is 0. The van der Waals surface area contributed by atoms with E-state index in [-0.39, 0.29) is 12.5 Å². The maximum Gasteiger partial charge on any atom is 0.238 e. The van der Waals surface area contributed by atoms with Gasteiger partial charge in [0.15, 0.2) is 17.2 Å². The number of carbonyl (C=O) groups is 1. The number of anilines is 1. The maximum atomic E-state index is 13.1. The topological polar surface area (TPSA) is 69.3 Å². The second-order valence-electron chi connectivity index (χ2n) is 7.95. The van der Waals surface area contributed by atoms with E-state index in [0.717, 1.165) is 11.3 Å². The first-order valence-electron chi connectivity index (χ1n) is 11.6. The number of carbonyl (C=O) groups excluding carboxylic acids is 1. The molecule has 35 heavy (non-hydrogen) atoms. The zero-order chi connectivity index (χ0) is 24.5. The summed E-state index contributed by atoms with van der Waals surface area (Å²) in [6, 6.07) is 20.3. The van der Waals surface area contributed by atoms with Gasteiger partial charge in [0, 0.05) is 23.7 Å². The lowest BCUT2D eigenvalue weighted by Gasteiger charge is -2.23. The molecule has 8 heteroatoms. The van der Waals surface area contributed by atoms with Crippen molar-refractivity contribution >= 4 is 23.2 Å². The van der Waals surface area contributed by atoms with E-state index in [1.54, 1.807) is 18.2 Å². The van der Waals surface area contributed by atoms with Crippen LogP contribution in [0.25, 0.3) is 0 Å². The van der Waals surface area contributed by atoms with Crippen LogP contribution in [-0.4, -0.2) is 50.3 Å². The summed E-state index contributed by atoms with van der Waals surface area (Å²) < 4.78 is 23.6. The average molecular weight is 497 g/mol. The Morgan fingerprint density at radius 2 is 1.77 bits per heavy atom. The van der Waals surface area contributed by atoms with Crippen LogP contribution in [0.2, 0.25) is 5.02 Å². The molecule has 3 aromatic rings. The predicted octanol–water partition coefficient (Wildman–Crippen LogP) is 5.38. The number of para-hydroxylation sites is 3. The molecule has 1 amide bonds. The molecule has 1 N–H and O–H groups in total. The molecule has 0 aliphatic carbocycles. The van der Waals surface area contributed by atoms with E-state index in [1.807, 2.05) is 60.4 Å². The highest BCUT2D eigenvalue weighted by molar-refractivity contribution is 6.31. The fourth-order valence-electron chi connectivity index (χ4n) is 3.75. The van der Waals surface area contributed by atoms with E-state index in [9.17, 15) is 4.79 Å². The average Bonchev–Trinajstić information content (AvgIpc) is 2.85. The van der Waals surface area contributed by atoms with Gasteiger partial charge in [-0.15, -0.1) is 0 Å². The first-order chi connectivity index (χ1) is 17.1. The lowest BCUT2D eigenvalue weighted by atomic mass is 10.2. The Morgan fingerprint density at radius 1 is 0.971 bits per heavy atom. The molecular formula is C27H29ClN2O5. The molecule has 184 valence electrons. The summed E-state index contributed by atoms with van der Waals surface area (Å²) >= 11 is 6.23. The minimum absolute atomic E-state index is 0.156. The van der Waals surface area contributed by atoms with Gasteiger partial charge < -0.3 is 24.3 Å². The molecule has 0 fully saturated rings. The second-order valence-corrected chi connectivity index (χ2v) is 8.39. The van der Waals surface area contributed by atoms with Gasteiger partial charge in [0.05, 0.1) is 32.1 Å². The Balaban J connectivity index is 1.58. The van der Waals surface area contributed by atoms with Crippen molar-refractivity contribution in [1.82, 2.24) is 4.90 Å². The summed E-state index contributed by atoms with van der Waals surface area (Å²) in [5.41, 5.74) is 1.49. The summed E-state index contributed by atoms with van der Waals surface area (Å²) in [6.45, 7) is 5.01. The van der Waals surface area contributed by atoms with Crippen LogP contribution in [0.15, 0.2) is 66.7 Å². The molecule has 0 saturated heterocycles. The molecule has 3 aromatic carbocycles. The van der Waals surface area contributed by atoms with Crippen molar-refractivity contribution in [2.45, 2.75) is 13.5 Å². The van der Waals surface area contributed by atoms with E-state index in [4.69, 9.17) is 30.5 Å². The number of nitrogens with zero attached hydrogens (tertiary/aromatic N) is 1. The maximum absolute atomic E-state index is 13.1. The van der Waals surface area contributed by atoms with Gasteiger partial charge in [-0.3, -0.25) is 9.69 Å². The van der Waals surface area contributed by atoms with Crippen molar-refractivity contribution in [3.8, 4) is 23.0 Å². The van der Waals surface area contributed by atoms with Gasteiger partial charge in [0.2, 0.25) is 5.91 Å². The third-order valence-electron chi connectivity index (χ3n) is 5.36. The van der Waals surface area contributed by atoms with E-state index in [1.165, 1.54) is 0 Å². The minimum Gasteiger partial charge on any atom is -0.494 e. The van der Waals surface area contributed by atoms with E-state index < -0.39 is 0 Å². The molecular weight excluding hydrogens is 468 g/mol. The third-order valence-corrected chi connectivity index (χ3v) is 5.59. The van der Waals surface area contributed by atoms with Crippen LogP contribution in [0.3, 0.4) is 0 Å². The van der Waals surface area contributed by atoms with Crippen LogP contribution < -0.4 is 19.5 Å². The third kappa shape index (κ3) is 7.11. The smallest absolute Gasteiger partial charge is 0.238 e. The van der Waals surface area contributed by atoms with Gasteiger partial charge in [0.1, 0.15) is 12.4 Å². The number of rotatable bonds is 4. The van der Waals surface area contributed by atoms with Crippen LogP contribution in [-0.2, 0) is 16.1 Å². The van der Waals surface area contributed by atoms with Crippen molar-refractivity contribution in [2.24, 2.45) is 0 Å². The molecule has 0 unspecified atom stereocenters. The van der Waals surface area contributed by atoms with E-state index in [0.29, 0.717) is 67.5 Å². The number of amides is 1. The number of benzene rings is 3. The van der Waals surface area contributed by atoms with E-state index in [2.05, 4.69) is 5.32 Å². The lowest BCUT2D eigenvalue weighted by molar-refractivity contribution is -0.117. The molecule has 7 nitrogen and oxygen atoms in total. The molecule has 0 saturated carbocycles. The predicted molar refractivity (Wildman–Crippen MR) is 136 cm³/mol. The first kappa shape index (κ1) is 24.9. The number of nitrogens with one attached hydrogen (secondary N) is 1. The normalized spacial score (nSPS) is 15.3. The van der Waals surface area contributed by atoms with Gasteiger partial charge in [-0.05, 0) is 43.3 Å². The Morgan fingerprint density at radius 3 is 2.63 bits per heavy atom. The summed E-state index contributed by atoms with van der Waals surface area (Å²) in [5, 5.41) is 3.45. The van der Waals surface area contributed by atoms with Crippen molar-refractivity contribution in [3.63, 3.8) is 0 Å². The molecule has 0 radical (unpaired) electrons. The SMILES string of the molecule is CCOc1ccccc1CN1CCOCCOc2ccccc2Oc2ccc(Cl)cc2NC(=O)C1. The highest BCUT2D eigenvalue weighted by atomic mass is 35.5. The standard InChI is InChI=1S/C27H29ClN2O5/c1-2-33-23-8-4-3-7-20(23)18-30-13-14-32-15-16-34-25-9-5-6-10-26(25)35-24-12-11-21(28)17-22(24)29-27(31)19-30/h3-12,17H,2,13-16,18-19H2,1H3,(H,29,31). The van der Waals surface area contributed by atoms with Crippen molar-refractivity contribution in [3.05, 3.63) is 77.3 Å². The molecule has 0 atom stereocenters. The molecule has 1 heterocycles. The van der Waals surface area contributed by atoms with Crippen LogP contribution in [0.5, 0.6) is 23.0 Å². The Kier molecular flexibility index (Phi) is 8.84. The van der Waals surface area contributed by atoms with Crippen molar-refractivity contribution in [2.75, 3.05) is 44.8 Å². The van der Waals surface area contributed by atoms with Gasteiger partial charge in [-0.1, -0.05) is 41.9 Å². The van der Waals surface area contributed by atoms with Gasteiger partial charge in [-0.2, -0.15) is 0 Å². The van der Waals surface area contributed by atoms with Crippen LogP contribution in [0, 0.1) is 0 Å². The quantitative estimate of drug-likeness (QED) is 0.523. The molecule has 1 aliphatic rings. The largest absolute Gasteiger partial charge is 0.494 e. The highest BCUT2D eigenvalue weighted by Gasteiger charge is 2.17. The lowest BCUT2D eigenvalue weighted by Crippen LogP contribution is -2.35. The Labute approximate surface area is 210 Å². The fourth-order valence-corrected chi connectivity index (χ4v) is 3.92. The number of ether oxygens (including phenoxy) is 4. The van der Waals surface area contributed by atoms with Crippen molar-refractivity contribution < 1.29 is 23.7 Å². The number of hydrogen-bond acceptors (Lipinski definition) is 6. The van der Waals surface area contributed by atoms with Crippen LogP contribution in [0.4, 0.5) is 5.69 Å². The van der Waals surface area contributed by atoms with Gasteiger partial charge in [-0.25, -0.2) is 0 Å². The highest BCUT2D eigenvalue weighted by Crippen LogP contribution is 2.36. The molecule has 0 spiro atoms. The summed E-state index contributed by atoms with van der Waals surface area (Å²) in [7, 11) is 0. The summed E-state index contributed by atoms with van der Waals surface area (Å²) in [5.74, 6) is 2.22. The molecule has 0 aromatic heterocycles. The van der Waals surface area contributed by atoms with Crippen LogP contribution in [0.1, 0.15) is 12.5 Å². The Bertz CT molecular complexity index is 1140. The monoisotopic (exact) mass is 496 g/mol. The zero-order valence-corrected chi connectivity index (χ0v) is 20.4. The fraction of sp³-hybridized carbons (Fsp3) is 0.296. The van der Waals surface area contributed by atoms with Crippen LogP contribution >= 0.6 is 11.6 Å². The van der Waals surface area contributed by atoms with Gasteiger partial charge in [0.25, 0.3) is 0 Å².